The van der Waals surface area contributed by atoms with Crippen LogP contribution in [0.3, 0.4) is 0 Å². The zero-order valence-corrected chi connectivity index (χ0v) is 10.9. The minimum absolute atomic E-state index is 0.204. The highest BCUT2D eigenvalue weighted by molar-refractivity contribution is 5.99. The fraction of sp³-hybridized carbons (Fsp3) is 0.294. The Morgan fingerprint density at radius 3 is 2.68 bits per heavy atom. The molecule has 2 aromatic rings. The molecule has 2 nitrogen and oxygen atoms in total. The highest BCUT2D eigenvalue weighted by Crippen LogP contribution is 2.38. The van der Waals surface area contributed by atoms with E-state index in [0.29, 0.717) is 12.3 Å². The van der Waals surface area contributed by atoms with E-state index in [4.69, 9.17) is 0 Å². The lowest BCUT2D eigenvalue weighted by molar-refractivity contribution is 0.0991. The lowest BCUT2D eigenvalue weighted by Crippen LogP contribution is -2.15. The maximum absolute atomic E-state index is 12.5. The number of carbonyl (C=O) groups excluding carboxylic acids is 1. The fourth-order valence-corrected chi connectivity index (χ4v) is 2.61. The molecular formula is C17H17NO. The first-order valence-corrected chi connectivity index (χ1v) is 6.85. The van der Waals surface area contributed by atoms with Gasteiger partial charge in [0.05, 0.1) is 0 Å². The summed E-state index contributed by atoms with van der Waals surface area (Å²) in [5.74, 6) is 0.796. The molecule has 2 heteroatoms. The number of hydrogen-bond acceptors (Lipinski definition) is 2. The fourth-order valence-electron chi connectivity index (χ4n) is 2.61. The average molecular weight is 251 g/mol. The molecule has 1 aromatic carbocycles. The molecule has 0 bridgehead atoms. The number of aromatic nitrogens is 1. The van der Waals surface area contributed by atoms with Gasteiger partial charge in [-0.2, -0.15) is 0 Å². The van der Waals surface area contributed by atoms with Crippen molar-refractivity contribution in [2.75, 3.05) is 0 Å². The molecule has 0 saturated heterocycles. The third kappa shape index (κ3) is 2.58. The molecule has 1 aromatic heterocycles. The Balaban J connectivity index is 1.83. The first-order chi connectivity index (χ1) is 9.34. The second-order valence-corrected chi connectivity index (χ2v) is 5.18. The van der Waals surface area contributed by atoms with Crippen LogP contribution in [0.1, 0.15) is 46.7 Å². The summed E-state index contributed by atoms with van der Waals surface area (Å²) in [6, 6.07) is 11.9. The van der Waals surface area contributed by atoms with E-state index >= 15 is 0 Å². The molecular weight excluding hydrogens is 234 g/mol. The maximum atomic E-state index is 12.5. The van der Waals surface area contributed by atoms with Crippen LogP contribution in [0, 0.1) is 0 Å². The molecule has 1 fully saturated rings. The predicted molar refractivity (Wildman–Crippen MR) is 75.3 cm³/mol. The van der Waals surface area contributed by atoms with Crippen LogP contribution in [0.2, 0.25) is 0 Å². The molecule has 0 aliphatic heterocycles. The van der Waals surface area contributed by atoms with Gasteiger partial charge >= 0.3 is 0 Å². The Kier molecular flexibility index (Phi) is 3.41. The Hall–Kier alpha value is -1.96. The minimum Gasteiger partial charge on any atom is -0.294 e. The molecule has 0 unspecified atom stereocenters. The van der Waals surface area contributed by atoms with Gasteiger partial charge in [-0.25, -0.2) is 0 Å². The Morgan fingerprint density at radius 2 is 2.00 bits per heavy atom. The molecule has 0 atom stereocenters. The van der Waals surface area contributed by atoms with Gasteiger partial charge in [0.25, 0.3) is 0 Å². The SMILES string of the molecule is O=C(Cc1cccnc1)c1ccccc1C1CCC1. The quantitative estimate of drug-likeness (QED) is 0.774. The van der Waals surface area contributed by atoms with E-state index in [1.54, 1.807) is 12.4 Å². The number of ketones is 1. The summed E-state index contributed by atoms with van der Waals surface area (Å²) in [4.78, 5) is 16.5. The van der Waals surface area contributed by atoms with E-state index < -0.39 is 0 Å². The van der Waals surface area contributed by atoms with E-state index in [1.165, 1.54) is 24.8 Å². The Bertz CT molecular complexity index is 573. The van der Waals surface area contributed by atoms with Crippen LogP contribution in [0.25, 0.3) is 0 Å². The number of Topliss-reactive ketones (excluding diaryl/α,β-unsaturated/α-hetero) is 1. The van der Waals surface area contributed by atoms with Gasteiger partial charge in [-0.1, -0.05) is 36.8 Å². The van der Waals surface area contributed by atoms with Crippen LogP contribution in [0.15, 0.2) is 48.8 Å². The van der Waals surface area contributed by atoms with E-state index in [0.717, 1.165) is 11.1 Å². The summed E-state index contributed by atoms with van der Waals surface area (Å²) in [5, 5.41) is 0. The first kappa shape index (κ1) is 12.1. The number of pyridine rings is 1. The van der Waals surface area contributed by atoms with Gasteiger partial charge in [0.1, 0.15) is 0 Å². The summed E-state index contributed by atoms with van der Waals surface area (Å²) in [7, 11) is 0. The lowest BCUT2D eigenvalue weighted by Gasteiger charge is -2.27. The van der Waals surface area contributed by atoms with Gasteiger partial charge in [0.15, 0.2) is 5.78 Å². The van der Waals surface area contributed by atoms with Crippen LogP contribution in [0.4, 0.5) is 0 Å². The lowest BCUT2D eigenvalue weighted by atomic mass is 9.77. The number of nitrogens with zero attached hydrogens (tertiary/aromatic N) is 1. The number of carbonyl (C=O) groups is 1. The van der Waals surface area contributed by atoms with Gasteiger partial charge in [0.2, 0.25) is 0 Å². The summed E-state index contributed by atoms with van der Waals surface area (Å²) >= 11 is 0. The highest BCUT2D eigenvalue weighted by atomic mass is 16.1. The summed E-state index contributed by atoms with van der Waals surface area (Å²) in [5.41, 5.74) is 3.12. The van der Waals surface area contributed by atoms with Crippen molar-refractivity contribution < 1.29 is 4.79 Å². The van der Waals surface area contributed by atoms with Crippen molar-refractivity contribution in [3.63, 3.8) is 0 Å². The van der Waals surface area contributed by atoms with E-state index in [9.17, 15) is 4.79 Å². The largest absolute Gasteiger partial charge is 0.294 e. The average Bonchev–Trinajstić information content (AvgIpc) is 2.38. The van der Waals surface area contributed by atoms with E-state index in [-0.39, 0.29) is 5.78 Å². The highest BCUT2D eigenvalue weighted by Gasteiger charge is 2.23. The van der Waals surface area contributed by atoms with Crippen molar-refractivity contribution in [2.24, 2.45) is 0 Å². The first-order valence-electron chi connectivity index (χ1n) is 6.85. The molecule has 0 radical (unpaired) electrons. The van der Waals surface area contributed by atoms with Crippen molar-refractivity contribution in [1.82, 2.24) is 4.98 Å². The number of hydrogen-bond donors (Lipinski definition) is 0. The van der Waals surface area contributed by atoms with Crippen LogP contribution in [-0.2, 0) is 6.42 Å². The monoisotopic (exact) mass is 251 g/mol. The Labute approximate surface area is 113 Å². The molecule has 1 heterocycles. The summed E-state index contributed by atoms with van der Waals surface area (Å²) in [6.07, 6.45) is 7.67. The second-order valence-electron chi connectivity index (χ2n) is 5.18. The van der Waals surface area contributed by atoms with Crippen molar-refractivity contribution >= 4 is 5.78 Å². The third-order valence-corrected chi connectivity index (χ3v) is 3.89. The normalized spacial score (nSPS) is 14.9. The third-order valence-electron chi connectivity index (χ3n) is 3.89. The molecule has 3 rings (SSSR count). The molecule has 0 N–H and O–H groups in total. The Morgan fingerprint density at radius 1 is 1.16 bits per heavy atom. The van der Waals surface area contributed by atoms with Crippen molar-refractivity contribution in [3.05, 3.63) is 65.5 Å². The van der Waals surface area contributed by atoms with Gasteiger partial charge in [-0.05, 0) is 36.0 Å². The van der Waals surface area contributed by atoms with E-state index in [2.05, 4.69) is 11.1 Å². The molecule has 1 aliphatic carbocycles. The second kappa shape index (κ2) is 5.35. The molecule has 1 saturated carbocycles. The molecule has 19 heavy (non-hydrogen) atoms. The standard InChI is InChI=1S/C17H17NO/c19-17(11-13-5-4-10-18-12-13)16-9-2-1-8-15(16)14-6-3-7-14/h1-2,4-5,8-10,12,14H,3,6-7,11H2. The topological polar surface area (TPSA) is 30.0 Å². The van der Waals surface area contributed by atoms with Gasteiger partial charge in [-0.3, -0.25) is 9.78 Å². The van der Waals surface area contributed by atoms with E-state index in [1.807, 2.05) is 30.3 Å². The smallest absolute Gasteiger partial charge is 0.167 e. The summed E-state index contributed by atoms with van der Waals surface area (Å²) in [6.45, 7) is 0. The van der Waals surface area contributed by atoms with Crippen molar-refractivity contribution in [3.8, 4) is 0 Å². The summed E-state index contributed by atoms with van der Waals surface area (Å²) < 4.78 is 0. The van der Waals surface area contributed by atoms with Crippen LogP contribution in [-0.4, -0.2) is 10.8 Å². The molecule has 0 spiro atoms. The molecule has 1 aliphatic rings. The zero-order valence-electron chi connectivity index (χ0n) is 10.9. The number of rotatable bonds is 4. The van der Waals surface area contributed by atoms with Gasteiger partial charge < -0.3 is 0 Å². The molecule has 96 valence electrons. The van der Waals surface area contributed by atoms with Crippen LogP contribution < -0.4 is 0 Å². The minimum atomic E-state index is 0.204. The van der Waals surface area contributed by atoms with Crippen molar-refractivity contribution in [2.45, 2.75) is 31.6 Å². The maximum Gasteiger partial charge on any atom is 0.167 e. The van der Waals surface area contributed by atoms with Gasteiger partial charge in [-0.15, -0.1) is 0 Å². The van der Waals surface area contributed by atoms with Crippen LogP contribution in [0.5, 0.6) is 0 Å². The predicted octanol–water partition coefficient (Wildman–Crippen LogP) is 3.77. The number of benzene rings is 1. The van der Waals surface area contributed by atoms with Crippen molar-refractivity contribution in [1.29, 1.82) is 0 Å². The van der Waals surface area contributed by atoms with Gasteiger partial charge in [0, 0.05) is 24.4 Å². The van der Waals surface area contributed by atoms with Crippen LogP contribution >= 0.6 is 0 Å². The molecule has 0 amide bonds. The zero-order chi connectivity index (χ0) is 13.1.